The number of hydrogen-bond acceptors (Lipinski definition) is 14. The second-order valence-corrected chi connectivity index (χ2v) is 18.6. The molecule has 0 unspecified atom stereocenters. The van der Waals surface area contributed by atoms with Crippen molar-refractivity contribution in [1.82, 2.24) is 19.6 Å². The molecule has 2 rings (SSSR count). The van der Waals surface area contributed by atoms with Gasteiger partial charge in [0.25, 0.3) is 0 Å². The van der Waals surface area contributed by atoms with Crippen LogP contribution in [0.2, 0.25) is 0 Å². The lowest BCUT2D eigenvalue weighted by molar-refractivity contribution is -0.163. The first-order valence-electron chi connectivity index (χ1n) is 19.9. The van der Waals surface area contributed by atoms with E-state index in [9.17, 15) is 45.9 Å². The summed E-state index contributed by atoms with van der Waals surface area (Å²) in [5, 5.41) is 0. The molecule has 1 heterocycles. The Hall–Kier alpha value is -3.94. The number of carbonyl (C=O) groups excluding carboxylic acids is 5. The third kappa shape index (κ3) is 19.2. The normalized spacial score (nSPS) is 16.9. The van der Waals surface area contributed by atoms with Crippen LogP contribution >= 0.6 is 0 Å². The van der Waals surface area contributed by atoms with Crippen molar-refractivity contribution in [1.29, 1.82) is 0 Å². The summed E-state index contributed by atoms with van der Waals surface area (Å²) in [4.78, 5) is 73.1. The highest BCUT2D eigenvalue weighted by atomic mass is 19.2. The largest absolute Gasteiger partial charge is 0.459 e. The minimum absolute atomic E-state index is 0.0474. The zero-order chi connectivity index (χ0) is 46.0. The number of ether oxygens (including phenoxy) is 5. The Morgan fingerprint density at radius 1 is 0.467 bits per heavy atom. The van der Waals surface area contributed by atoms with Crippen LogP contribution in [0.4, 0.5) is 22.0 Å². The van der Waals surface area contributed by atoms with Crippen molar-refractivity contribution in [2.75, 3.05) is 72.0 Å². The topological polar surface area (TPSA) is 144 Å². The monoisotopic (exact) mass is 866 g/mol. The zero-order valence-corrected chi connectivity index (χ0v) is 37.0. The zero-order valence-electron chi connectivity index (χ0n) is 37.0. The van der Waals surface area contributed by atoms with Crippen molar-refractivity contribution in [3.8, 4) is 5.75 Å². The number of halogens is 5. The maximum Gasteiger partial charge on any atom is 0.323 e. The summed E-state index contributed by atoms with van der Waals surface area (Å²) in [7, 11) is 0. The molecule has 0 amide bonds. The first kappa shape index (κ1) is 52.2. The Balaban J connectivity index is 2.57. The molecule has 0 N–H and O–H groups in total. The van der Waals surface area contributed by atoms with Crippen molar-refractivity contribution in [3.05, 3.63) is 29.1 Å². The van der Waals surface area contributed by atoms with Gasteiger partial charge in [-0.3, -0.25) is 43.6 Å². The number of benzene rings is 1. The van der Waals surface area contributed by atoms with Crippen LogP contribution in [0, 0.1) is 29.1 Å². The van der Waals surface area contributed by atoms with Gasteiger partial charge in [-0.2, -0.15) is 8.78 Å². The van der Waals surface area contributed by atoms with Crippen LogP contribution in [0.3, 0.4) is 0 Å². The fraction of sp³-hybridized carbons (Fsp3) is 0.732. The fourth-order valence-electron chi connectivity index (χ4n) is 5.92. The summed E-state index contributed by atoms with van der Waals surface area (Å²) in [6.07, 6.45) is -1.13. The van der Waals surface area contributed by atoms with Gasteiger partial charge in [-0.05, 0) is 89.5 Å². The summed E-state index contributed by atoms with van der Waals surface area (Å²) in [5.41, 5.74) is -3.38. The van der Waals surface area contributed by atoms with Gasteiger partial charge in [0.2, 0.25) is 34.8 Å². The Bertz CT molecular complexity index is 1600. The van der Waals surface area contributed by atoms with Crippen molar-refractivity contribution < 1.29 is 69.6 Å². The van der Waals surface area contributed by atoms with Crippen molar-refractivity contribution in [3.63, 3.8) is 0 Å². The quantitative estimate of drug-likeness (QED) is 0.0693. The number of hydrogen-bond donors (Lipinski definition) is 0. The molecule has 0 spiro atoms. The minimum Gasteiger partial charge on any atom is -0.459 e. The van der Waals surface area contributed by atoms with Gasteiger partial charge < -0.3 is 23.7 Å². The standard InChI is InChI=1S/C41H63F5N4O10/c1-38(2,3)57-28(52)23-47-15-17-48(24-29(53)58-39(4,5)6)19-21-50(22-20-49(18-16-47)25-30(54)59-40(7,8)9)26(37(55)60-41(10,11)12)13-14-27(51)56-36-34(45)32(43)31(42)33(44)35(36)46/h26H,13-25H2,1-12H3/t26-/m1/s1. The molecular formula is C41H63F5N4O10. The molecule has 60 heavy (non-hydrogen) atoms. The number of nitrogens with zero attached hydrogens (tertiary/aromatic N) is 4. The molecule has 14 nitrogen and oxygen atoms in total. The van der Waals surface area contributed by atoms with Gasteiger partial charge in [0, 0.05) is 58.8 Å². The minimum atomic E-state index is -2.43. The molecule has 1 aromatic rings. The van der Waals surface area contributed by atoms with E-state index < -0.39 is 106 Å². The van der Waals surface area contributed by atoms with Crippen LogP contribution in [-0.2, 0) is 42.9 Å². The highest BCUT2D eigenvalue weighted by Gasteiger charge is 2.34. The SMILES string of the molecule is CC(C)(C)OC(=O)CN1CCN(CC(=O)OC(C)(C)C)CCN([C@H](CCC(=O)Oc2c(F)c(F)c(F)c(F)c2F)C(=O)OC(C)(C)C)CCN(CC(=O)OC(C)(C)C)CC1. The van der Waals surface area contributed by atoms with Crippen LogP contribution in [0.5, 0.6) is 5.75 Å². The average Bonchev–Trinajstić information content (AvgIpc) is 3.05. The second kappa shape index (κ2) is 21.7. The van der Waals surface area contributed by atoms with E-state index in [-0.39, 0.29) is 72.0 Å². The molecule has 1 fully saturated rings. The molecule has 1 saturated heterocycles. The predicted octanol–water partition coefficient (Wildman–Crippen LogP) is 5.02. The highest BCUT2D eigenvalue weighted by molar-refractivity contribution is 5.78. The Morgan fingerprint density at radius 3 is 1.08 bits per heavy atom. The Labute approximate surface area is 349 Å². The van der Waals surface area contributed by atoms with Crippen LogP contribution in [0.1, 0.15) is 95.9 Å². The van der Waals surface area contributed by atoms with Crippen molar-refractivity contribution in [2.45, 2.75) is 124 Å². The highest BCUT2D eigenvalue weighted by Crippen LogP contribution is 2.30. The lowest BCUT2D eigenvalue weighted by atomic mass is 10.1. The van der Waals surface area contributed by atoms with Crippen molar-refractivity contribution in [2.24, 2.45) is 0 Å². The number of carbonyl (C=O) groups is 5. The van der Waals surface area contributed by atoms with Gasteiger partial charge in [-0.15, -0.1) is 0 Å². The summed E-state index contributed by atoms with van der Waals surface area (Å²) < 4.78 is 97.3. The smallest absolute Gasteiger partial charge is 0.323 e. The third-order valence-electron chi connectivity index (χ3n) is 8.32. The average molecular weight is 867 g/mol. The Morgan fingerprint density at radius 2 is 0.767 bits per heavy atom. The molecule has 1 aliphatic rings. The van der Waals surface area contributed by atoms with Gasteiger partial charge in [0.15, 0.2) is 0 Å². The van der Waals surface area contributed by atoms with Gasteiger partial charge in [-0.25, -0.2) is 13.2 Å². The summed E-state index contributed by atoms with van der Waals surface area (Å²) in [5.74, 6) is -17.3. The lowest BCUT2D eigenvalue weighted by Crippen LogP contribution is -2.53. The van der Waals surface area contributed by atoms with E-state index in [1.165, 1.54) is 0 Å². The van der Waals surface area contributed by atoms with Crippen molar-refractivity contribution >= 4 is 29.8 Å². The fourth-order valence-corrected chi connectivity index (χ4v) is 5.92. The van der Waals surface area contributed by atoms with Crippen LogP contribution in [-0.4, -0.2) is 150 Å². The second-order valence-electron chi connectivity index (χ2n) is 18.6. The summed E-state index contributed by atoms with van der Waals surface area (Å²) in [6, 6.07) is -1.26. The summed E-state index contributed by atoms with van der Waals surface area (Å²) in [6.45, 7) is 21.3. The summed E-state index contributed by atoms with van der Waals surface area (Å²) >= 11 is 0. The first-order valence-corrected chi connectivity index (χ1v) is 19.9. The van der Waals surface area contributed by atoms with Gasteiger partial charge >= 0.3 is 29.8 Å². The molecule has 0 radical (unpaired) electrons. The van der Waals surface area contributed by atoms with Gasteiger partial charge in [-0.1, -0.05) is 0 Å². The predicted molar refractivity (Wildman–Crippen MR) is 209 cm³/mol. The van der Waals surface area contributed by atoms with E-state index in [2.05, 4.69) is 4.74 Å². The van der Waals surface area contributed by atoms with Crippen LogP contribution < -0.4 is 4.74 Å². The Kier molecular flexibility index (Phi) is 18.9. The van der Waals surface area contributed by atoms with E-state index in [0.717, 1.165) is 0 Å². The van der Waals surface area contributed by atoms with E-state index in [1.54, 1.807) is 97.8 Å². The number of esters is 5. The van der Waals surface area contributed by atoms with Crippen LogP contribution in [0.25, 0.3) is 0 Å². The lowest BCUT2D eigenvalue weighted by Gasteiger charge is -2.37. The molecule has 0 bridgehead atoms. The molecular weight excluding hydrogens is 803 g/mol. The van der Waals surface area contributed by atoms with Crippen LogP contribution in [0.15, 0.2) is 0 Å². The molecule has 19 heteroatoms. The molecule has 342 valence electrons. The van der Waals surface area contributed by atoms with E-state index in [1.807, 2.05) is 4.90 Å². The van der Waals surface area contributed by atoms with Gasteiger partial charge in [0.05, 0.1) is 19.6 Å². The maximum atomic E-state index is 14.4. The maximum absolute atomic E-state index is 14.4. The molecule has 1 atom stereocenters. The van der Waals surface area contributed by atoms with E-state index in [0.29, 0.717) is 0 Å². The molecule has 1 aliphatic heterocycles. The van der Waals surface area contributed by atoms with Gasteiger partial charge in [0.1, 0.15) is 28.4 Å². The van der Waals surface area contributed by atoms with E-state index in [4.69, 9.17) is 18.9 Å². The molecule has 0 aromatic heterocycles. The molecule has 1 aromatic carbocycles. The van der Waals surface area contributed by atoms with E-state index >= 15 is 0 Å². The first-order chi connectivity index (χ1) is 27.3. The third-order valence-corrected chi connectivity index (χ3v) is 8.32. The number of rotatable bonds is 12. The molecule has 0 aliphatic carbocycles. The molecule has 0 saturated carbocycles.